The number of hydrogen-bond acceptors (Lipinski definition) is 4. The zero-order chi connectivity index (χ0) is 18.1. The Morgan fingerprint density at radius 3 is 2.85 bits per heavy atom. The van der Waals surface area contributed by atoms with Gasteiger partial charge in [-0.3, -0.25) is 0 Å². The van der Waals surface area contributed by atoms with Crippen molar-refractivity contribution >= 4 is 17.5 Å². The number of aromatic nitrogens is 2. The summed E-state index contributed by atoms with van der Waals surface area (Å²) < 4.78 is 13.3. The molecule has 0 aliphatic carbocycles. The van der Waals surface area contributed by atoms with Crippen molar-refractivity contribution in [2.75, 3.05) is 16.8 Å². The Morgan fingerprint density at radius 1 is 1.15 bits per heavy atom. The molecule has 0 saturated carbocycles. The summed E-state index contributed by atoms with van der Waals surface area (Å²) >= 11 is 0. The van der Waals surface area contributed by atoms with E-state index < -0.39 is 0 Å². The highest BCUT2D eigenvalue weighted by Gasteiger charge is 2.24. The first-order valence-electron chi connectivity index (χ1n) is 8.82. The van der Waals surface area contributed by atoms with Gasteiger partial charge in [0.1, 0.15) is 11.6 Å². The Labute approximate surface area is 152 Å². The third-order valence-corrected chi connectivity index (χ3v) is 4.96. The van der Waals surface area contributed by atoms with Crippen LogP contribution in [-0.4, -0.2) is 16.5 Å². The summed E-state index contributed by atoms with van der Waals surface area (Å²) in [4.78, 5) is 11.3. The second-order valence-electron chi connectivity index (χ2n) is 6.64. The molecule has 0 amide bonds. The predicted molar refractivity (Wildman–Crippen MR) is 102 cm³/mol. The van der Waals surface area contributed by atoms with Gasteiger partial charge in [0.2, 0.25) is 5.95 Å². The maximum absolute atomic E-state index is 13.3. The Kier molecular flexibility index (Phi) is 4.29. The van der Waals surface area contributed by atoms with Gasteiger partial charge in [-0.05, 0) is 61.2 Å². The lowest BCUT2D eigenvalue weighted by Crippen LogP contribution is -2.34. The van der Waals surface area contributed by atoms with Gasteiger partial charge in [-0.2, -0.15) is 4.98 Å². The largest absolute Gasteiger partial charge is 0.349 e. The number of hydrogen-bond donors (Lipinski definition) is 1. The summed E-state index contributed by atoms with van der Waals surface area (Å²) in [5.41, 5.74) is 4.38. The molecule has 4 rings (SSSR count). The molecule has 1 atom stereocenters. The summed E-state index contributed by atoms with van der Waals surface area (Å²) in [6.07, 6.45) is 2.76. The molecule has 26 heavy (non-hydrogen) atoms. The molecule has 3 aromatic rings. The molecule has 2 aromatic carbocycles. The number of aryl methyl sites for hydroxylation is 1. The lowest BCUT2D eigenvalue weighted by atomic mass is 9.94. The van der Waals surface area contributed by atoms with Crippen LogP contribution in [0.5, 0.6) is 0 Å². The number of halogens is 1. The van der Waals surface area contributed by atoms with Crippen molar-refractivity contribution in [1.29, 1.82) is 0 Å². The monoisotopic (exact) mass is 348 g/mol. The van der Waals surface area contributed by atoms with Crippen LogP contribution < -0.4 is 10.2 Å². The Bertz CT molecular complexity index is 941. The quantitative estimate of drug-likeness (QED) is 0.739. The van der Waals surface area contributed by atoms with Crippen LogP contribution in [0.15, 0.2) is 54.7 Å². The zero-order valence-corrected chi connectivity index (χ0v) is 14.9. The molecule has 1 unspecified atom stereocenters. The number of benzene rings is 2. The van der Waals surface area contributed by atoms with E-state index in [0.29, 0.717) is 5.95 Å². The minimum absolute atomic E-state index is 0.247. The first-order valence-corrected chi connectivity index (χ1v) is 8.82. The normalized spacial score (nSPS) is 16.3. The molecule has 1 aromatic heterocycles. The summed E-state index contributed by atoms with van der Waals surface area (Å²) in [7, 11) is 0. The first-order chi connectivity index (χ1) is 12.6. The van der Waals surface area contributed by atoms with E-state index >= 15 is 0 Å². The minimum atomic E-state index is -0.247. The van der Waals surface area contributed by atoms with Crippen LogP contribution in [0, 0.1) is 12.7 Å². The molecule has 0 saturated heterocycles. The summed E-state index contributed by atoms with van der Waals surface area (Å²) in [6, 6.07) is 15.4. The number of anilines is 3. The standard InChI is InChI=1S/C21H21FN4/c1-14-13-17(22)7-8-19(14)24-21-23-11-9-20(25-21)26-12-10-16-5-3-4-6-18(16)15(26)2/h3-9,11,13,15H,10,12H2,1-2H3,(H,23,24,25). The molecular formula is C21H21FN4. The fraction of sp³-hybridized carbons (Fsp3) is 0.238. The van der Waals surface area contributed by atoms with Gasteiger partial charge in [-0.25, -0.2) is 9.37 Å². The Hall–Kier alpha value is -2.95. The second-order valence-corrected chi connectivity index (χ2v) is 6.64. The maximum Gasteiger partial charge on any atom is 0.229 e. The Balaban J connectivity index is 1.60. The van der Waals surface area contributed by atoms with Crippen LogP contribution in [0.3, 0.4) is 0 Å². The number of nitrogens with zero attached hydrogens (tertiary/aromatic N) is 3. The van der Waals surface area contributed by atoms with Crippen molar-refractivity contribution < 1.29 is 4.39 Å². The van der Waals surface area contributed by atoms with Crippen LogP contribution in [0.1, 0.15) is 29.7 Å². The lowest BCUT2D eigenvalue weighted by Gasteiger charge is -2.36. The Morgan fingerprint density at radius 2 is 2.00 bits per heavy atom. The SMILES string of the molecule is Cc1cc(F)ccc1Nc1nccc(N2CCc3ccccc3C2C)n1. The first kappa shape index (κ1) is 16.5. The molecule has 4 nitrogen and oxygen atoms in total. The van der Waals surface area contributed by atoms with E-state index in [0.717, 1.165) is 30.0 Å². The minimum Gasteiger partial charge on any atom is -0.349 e. The molecule has 0 fully saturated rings. The van der Waals surface area contributed by atoms with Crippen molar-refractivity contribution in [3.63, 3.8) is 0 Å². The average molecular weight is 348 g/mol. The van der Waals surface area contributed by atoms with Crippen LogP contribution >= 0.6 is 0 Å². The molecule has 2 heterocycles. The van der Waals surface area contributed by atoms with Gasteiger partial charge < -0.3 is 10.2 Å². The van der Waals surface area contributed by atoms with Gasteiger partial charge >= 0.3 is 0 Å². The van der Waals surface area contributed by atoms with Crippen LogP contribution in [-0.2, 0) is 6.42 Å². The fourth-order valence-corrected chi connectivity index (χ4v) is 3.54. The number of fused-ring (bicyclic) bond motifs is 1. The van der Waals surface area contributed by atoms with E-state index in [-0.39, 0.29) is 11.9 Å². The second kappa shape index (κ2) is 6.75. The third kappa shape index (κ3) is 3.12. The van der Waals surface area contributed by atoms with E-state index in [9.17, 15) is 4.39 Å². The van der Waals surface area contributed by atoms with Crippen molar-refractivity contribution in [2.45, 2.75) is 26.3 Å². The van der Waals surface area contributed by atoms with Crippen LogP contribution in [0.4, 0.5) is 21.8 Å². The van der Waals surface area contributed by atoms with Gasteiger partial charge in [-0.1, -0.05) is 24.3 Å². The maximum atomic E-state index is 13.3. The summed E-state index contributed by atoms with van der Waals surface area (Å²) in [5, 5.41) is 3.20. The highest BCUT2D eigenvalue weighted by atomic mass is 19.1. The highest BCUT2D eigenvalue weighted by Crippen LogP contribution is 2.32. The molecule has 5 heteroatoms. The summed E-state index contributed by atoms with van der Waals surface area (Å²) in [5.74, 6) is 1.16. The van der Waals surface area contributed by atoms with E-state index in [1.807, 2.05) is 13.0 Å². The van der Waals surface area contributed by atoms with Crippen molar-refractivity contribution in [2.24, 2.45) is 0 Å². The van der Waals surface area contributed by atoms with Crippen LogP contribution in [0.2, 0.25) is 0 Å². The van der Waals surface area contributed by atoms with Gasteiger partial charge in [-0.15, -0.1) is 0 Å². The van der Waals surface area contributed by atoms with Gasteiger partial charge in [0.05, 0.1) is 6.04 Å². The number of rotatable bonds is 3. The van der Waals surface area contributed by atoms with Crippen molar-refractivity contribution in [3.8, 4) is 0 Å². The summed E-state index contributed by atoms with van der Waals surface area (Å²) in [6.45, 7) is 4.99. The molecular weight excluding hydrogens is 327 g/mol. The van der Waals surface area contributed by atoms with Crippen molar-refractivity contribution in [1.82, 2.24) is 9.97 Å². The van der Waals surface area contributed by atoms with E-state index in [2.05, 4.69) is 51.4 Å². The molecule has 0 bridgehead atoms. The topological polar surface area (TPSA) is 41.1 Å². The zero-order valence-electron chi connectivity index (χ0n) is 14.9. The smallest absolute Gasteiger partial charge is 0.229 e. The van der Waals surface area contributed by atoms with E-state index in [1.165, 1.54) is 23.3 Å². The molecule has 132 valence electrons. The predicted octanol–water partition coefficient (Wildman–Crippen LogP) is 4.79. The molecule has 1 aliphatic heterocycles. The fourth-order valence-electron chi connectivity index (χ4n) is 3.54. The molecule has 0 spiro atoms. The molecule has 1 aliphatic rings. The molecule has 0 radical (unpaired) electrons. The highest BCUT2D eigenvalue weighted by molar-refractivity contribution is 5.59. The third-order valence-electron chi connectivity index (χ3n) is 4.96. The number of nitrogens with one attached hydrogen (secondary N) is 1. The van der Waals surface area contributed by atoms with Crippen molar-refractivity contribution in [3.05, 3.63) is 77.2 Å². The lowest BCUT2D eigenvalue weighted by molar-refractivity contribution is 0.617. The van der Waals surface area contributed by atoms with Gasteiger partial charge in [0.25, 0.3) is 0 Å². The average Bonchev–Trinajstić information content (AvgIpc) is 2.65. The van der Waals surface area contributed by atoms with Gasteiger partial charge in [0, 0.05) is 18.4 Å². The van der Waals surface area contributed by atoms with E-state index in [1.54, 1.807) is 12.3 Å². The van der Waals surface area contributed by atoms with Crippen LogP contribution in [0.25, 0.3) is 0 Å². The van der Waals surface area contributed by atoms with Gasteiger partial charge in [0.15, 0.2) is 0 Å². The van der Waals surface area contributed by atoms with E-state index in [4.69, 9.17) is 0 Å². The molecule has 1 N–H and O–H groups in total.